The van der Waals surface area contributed by atoms with Crippen LogP contribution in [0.1, 0.15) is 12.8 Å². The van der Waals surface area contributed by atoms with E-state index in [4.69, 9.17) is 46.4 Å². The van der Waals surface area contributed by atoms with Crippen LogP contribution in [0, 0.1) is 5.92 Å². The molecule has 2 amide bonds. The fraction of sp³-hybridized carbons (Fsp3) is 0.300. The molecule has 0 unspecified atom stereocenters. The van der Waals surface area contributed by atoms with Gasteiger partial charge in [0.15, 0.2) is 0 Å². The highest BCUT2D eigenvalue weighted by molar-refractivity contribution is 6.50. The molecule has 3 rings (SSSR count). The number of rotatable bonds is 5. The van der Waals surface area contributed by atoms with Crippen molar-refractivity contribution in [2.45, 2.75) is 12.8 Å². The van der Waals surface area contributed by atoms with Crippen molar-refractivity contribution in [3.8, 4) is 0 Å². The Kier molecular flexibility index (Phi) is 7.66. The van der Waals surface area contributed by atoms with Crippen LogP contribution in [0.25, 0.3) is 0 Å². The summed E-state index contributed by atoms with van der Waals surface area (Å²) in [4.78, 5) is 26.8. The molecule has 1 fully saturated rings. The number of carbonyl (C=O) groups is 2. The monoisotopic (exact) mass is 473 g/mol. The van der Waals surface area contributed by atoms with Crippen molar-refractivity contribution in [2.24, 2.45) is 5.92 Å². The second-order valence-electron chi connectivity index (χ2n) is 6.80. The van der Waals surface area contributed by atoms with Crippen molar-refractivity contribution < 1.29 is 9.59 Å². The molecule has 0 saturated carbocycles. The molecule has 1 heterocycles. The van der Waals surface area contributed by atoms with Crippen LogP contribution in [0.4, 0.5) is 11.4 Å². The lowest BCUT2D eigenvalue weighted by atomic mass is 9.96. The first-order chi connectivity index (χ1) is 13.8. The minimum Gasteiger partial charge on any atom is -0.326 e. The van der Waals surface area contributed by atoms with Crippen molar-refractivity contribution in [2.75, 3.05) is 30.3 Å². The van der Waals surface area contributed by atoms with E-state index in [2.05, 4.69) is 10.6 Å². The van der Waals surface area contributed by atoms with Gasteiger partial charge in [-0.3, -0.25) is 14.5 Å². The topological polar surface area (TPSA) is 61.4 Å². The van der Waals surface area contributed by atoms with Gasteiger partial charge in [0.1, 0.15) is 0 Å². The Morgan fingerprint density at radius 1 is 0.931 bits per heavy atom. The molecule has 1 saturated heterocycles. The van der Waals surface area contributed by atoms with E-state index in [9.17, 15) is 9.59 Å². The van der Waals surface area contributed by atoms with Gasteiger partial charge >= 0.3 is 0 Å². The number of hydrogen-bond donors (Lipinski definition) is 2. The van der Waals surface area contributed by atoms with Crippen LogP contribution in [0.2, 0.25) is 20.1 Å². The summed E-state index contributed by atoms with van der Waals surface area (Å²) < 4.78 is 0. The third-order valence-electron chi connectivity index (χ3n) is 4.74. The SMILES string of the molecule is O=C(CN1CCC(C(=O)Nc2ccccc2)CC1)Nc1c(Cl)c(Cl)cc(Cl)c1Cl. The zero-order valence-corrected chi connectivity index (χ0v) is 18.4. The van der Waals surface area contributed by atoms with Gasteiger partial charge in [-0.15, -0.1) is 0 Å². The average Bonchev–Trinajstić information content (AvgIpc) is 2.71. The molecular weight excluding hydrogens is 456 g/mol. The van der Waals surface area contributed by atoms with Gasteiger partial charge in [0.25, 0.3) is 0 Å². The Hall–Kier alpha value is -1.50. The Bertz CT molecular complexity index is 874. The molecule has 0 spiro atoms. The van der Waals surface area contributed by atoms with Crippen LogP contribution in [0.3, 0.4) is 0 Å². The van der Waals surface area contributed by atoms with E-state index in [0.717, 1.165) is 5.69 Å². The van der Waals surface area contributed by atoms with Crippen LogP contribution in [-0.2, 0) is 9.59 Å². The highest BCUT2D eigenvalue weighted by Crippen LogP contribution is 2.41. The average molecular weight is 475 g/mol. The zero-order chi connectivity index (χ0) is 21.0. The van der Waals surface area contributed by atoms with E-state index < -0.39 is 0 Å². The van der Waals surface area contributed by atoms with Crippen LogP contribution in [0.15, 0.2) is 36.4 Å². The van der Waals surface area contributed by atoms with Gasteiger partial charge in [-0.1, -0.05) is 64.6 Å². The fourth-order valence-corrected chi connectivity index (χ4v) is 4.09. The molecule has 1 aliphatic rings. The minimum atomic E-state index is -0.278. The molecule has 1 aliphatic heterocycles. The molecular formula is C20H19Cl4N3O2. The summed E-state index contributed by atoms with van der Waals surface area (Å²) in [6, 6.07) is 10.8. The Balaban J connectivity index is 1.51. The summed E-state index contributed by atoms with van der Waals surface area (Å²) in [5, 5.41) is 6.32. The largest absolute Gasteiger partial charge is 0.326 e. The number of halogens is 4. The van der Waals surface area contributed by atoms with Gasteiger partial charge < -0.3 is 10.6 Å². The molecule has 0 bridgehead atoms. The maximum Gasteiger partial charge on any atom is 0.238 e. The fourth-order valence-electron chi connectivity index (χ4n) is 3.18. The van der Waals surface area contributed by atoms with Crippen molar-refractivity contribution >= 4 is 69.6 Å². The van der Waals surface area contributed by atoms with E-state index in [0.29, 0.717) is 25.9 Å². The molecule has 9 heteroatoms. The Morgan fingerprint density at radius 3 is 2.10 bits per heavy atom. The van der Waals surface area contributed by atoms with E-state index in [1.165, 1.54) is 6.07 Å². The Labute approximate surface area is 189 Å². The lowest BCUT2D eigenvalue weighted by Crippen LogP contribution is -2.41. The number of likely N-dealkylation sites (tertiary alicyclic amines) is 1. The quantitative estimate of drug-likeness (QED) is 0.555. The van der Waals surface area contributed by atoms with Crippen molar-refractivity contribution in [1.82, 2.24) is 4.90 Å². The second-order valence-corrected chi connectivity index (χ2v) is 8.37. The highest BCUT2D eigenvalue weighted by Gasteiger charge is 2.26. The number of hydrogen-bond acceptors (Lipinski definition) is 3. The molecule has 2 N–H and O–H groups in total. The summed E-state index contributed by atoms with van der Waals surface area (Å²) in [5.41, 5.74) is 0.987. The maximum absolute atomic E-state index is 12.4. The minimum absolute atomic E-state index is 0.00688. The molecule has 0 aliphatic carbocycles. The van der Waals surface area contributed by atoms with Gasteiger partial charge in [-0.05, 0) is 44.1 Å². The third-order valence-corrected chi connectivity index (χ3v) is 6.32. The number of nitrogens with one attached hydrogen (secondary N) is 2. The van der Waals surface area contributed by atoms with E-state index >= 15 is 0 Å². The smallest absolute Gasteiger partial charge is 0.238 e. The standard InChI is InChI=1S/C20H19Cl4N3O2/c21-14-10-15(22)18(24)19(17(14)23)26-16(28)11-27-8-6-12(7-9-27)20(29)25-13-4-2-1-3-5-13/h1-5,10,12H,6-9,11H2,(H,25,29)(H,26,28). The number of piperidine rings is 1. The first-order valence-electron chi connectivity index (χ1n) is 9.06. The maximum atomic E-state index is 12.4. The first-order valence-corrected chi connectivity index (χ1v) is 10.6. The van der Waals surface area contributed by atoms with Crippen molar-refractivity contribution in [1.29, 1.82) is 0 Å². The molecule has 154 valence electrons. The van der Waals surface area contributed by atoms with Crippen LogP contribution < -0.4 is 10.6 Å². The number of carbonyl (C=O) groups excluding carboxylic acids is 2. The molecule has 29 heavy (non-hydrogen) atoms. The molecule has 0 aromatic heterocycles. The first kappa shape index (κ1) is 22.2. The molecule has 2 aromatic carbocycles. The third kappa shape index (κ3) is 5.77. The summed E-state index contributed by atoms with van der Waals surface area (Å²) in [7, 11) is 0. The zero-order valence-electron chi connectivity index (χ0n) is 15.4. The molecule has 5 nitrogen and oxygen atoms in total. The molecule has 2 aromatic rings. The summed E-state index contributed by atoms with van der Waals surface area (Å²) in [6.45, 7) is 1.43. The Morgan fingerprint density at radius 2 is 1.52 bits per heavy atom. The van der Waals surface area contributed by atoms with E-state index in [1.807, 2.05) is 35.2 Å². The van der Waals surface area contributed by atoms with Crippen molar-refractivity contribution in [3.63, 3.8) is 0 Å². The summed E-state index contributed by atoms with van der Waals surface area (Å²) in [5.74, 6) is -0.350. The summed E-state index contributed by atoms with van der Waals surface area (Å²) >= 11 is 24.3. The normalized spacial score (nSPS) is 15.2. The molecule has 0 atom stereocenters. The predicted octanol–water partition coefficient (Wildman–Crippen LogP) is 5.59. The summed E-state index contributed by atoms with van der Waals surface area (Å²) in [6.07, 6.45) is 1.35. The van der Waals surface area contributed by atoms with Gasteiger partial charge in [-0.25, -0.2) is 0 Å². The number of benzene rings is 2. The van der Waals surface area contributed by atoms with E-state index in [1.54, 1.807) is 0 Å². The lowest BCUT2D eigenvalue weighted by molar-refractivity contribution is -0.121. The number of para-hydroxylation sites is 1. The van der Waals surface area contributed by atoms with Crippen molar-refractivity contribution in [3.05, 3.63) is 56.5 Å². The number of amides is 2. The second kappa shape index (κ2) is 10.0. The predicted molar refractivity (Wildman–Crippen MR) is 119 cm³/mol. The number of anilines is 2. The highest BCUT2D eigenvalue weighted by atomic mass is 35.5. The van der Waals surface area contributed by atoms with Crippen LogP contribution in [-0.4, -0.2) is 36.3 Å². The van der Waals surface area contributed by atoms with Crippen LogP contribution >= 0.6 is 46.4 Å². The van der Waals surface area contributed by atoms with Crippen LogP contribution in [0.5, 0.6) is 0 Å². The van der Waals surface area contributed by atoms with Gasteiger partial charge in [0.05, 0.1) is 32.3 Å². The lowest BCUT2D eigenvalue weighted by Gasteiger charge is -2.30. The van der Waals surface area contributed by atoms with Gasteiger partial charge in [0.2, 0.25) is 11.8 Å². The molecule has 0 radical (unpaired) electrons. The van der Waals surface area contributed by atoms with E-state index in [-0.39, 0.29) is 50.1 Å². The number of nitrogens with zero attached hydrogens (tertiary/aromatic N) is 1. The van der Waals surface area contributed by atoms with Gasteiger partial charge in [0, 0.05) is 11.6 Å². The van der Waals surface area contributed by atoms with Gasteiger partial charge in [-0.2, -0.15) is 0 Å².